The normalized spacial score (nSPS) is 16.5. The van der Waals surface area contributed by atoms with Crippen LogP contribution < -0.4 is 16.0 Å². The fraction of sp³-hybridized carbons (Fsp3) is 0.294. The van der Waals surface area contributed by atoms with Crippen molar-refractivity contribution in [1.82, 2.24) is 10.3 Å². The van der Waals surface area contributed by atoms with Crippen molar-refractivity contribution in [1.29, 1.82) is 0 Å². The number of nitrogens with one attached hydrogen (secondary N) is 3. The number of halogens is 2. The molecule has 0 saturated carbocycles. The zero-order valence-corrected chi connectivity index (χ0v) is 15.6. The highest BCUT2D eigenvalue weighted by Crippen LogP contribution is 2.21. The molecule has 27 heavy (non-hydrogen) atoms. The Morgan fingerprint density at radius 2 is 2.19 bits per heavy atom. The standard InChI is InChI=1S/C17H16ClFN4O3S/c18-12-6-9(3-4-13(12)19)21-14(24)7-10-8-27-17(22-10)23-16(26)11-2-1-5-20-15(11)25/h3-4,6,8,11H,1-2,5,7H2,(H,20,25)(H,21,24)(H,22,23,26). The van der Waals surface area contributed by atoms with Crippen LogP contribution in [0.3, 0.4) is 0 Å². The van der Waals surface area contributed by atoms with Gasteiger partial charge in [-0.05, 0) is 31.0 Å². The Labute approximate surface area is 163 Å². The molecule has 1 fully saturated rings. The van der Waals surface area contributed by atoms with Gasteiger partial charge in [-0.25, -0.2) is 9.37 Å². The number of carbonyl (C=O) groups is 3. The van der Waals surface area contributed by atoms with Gasteiger partial charge in [-0.1, -0.05) is 11.6 Å². The number of hydrogen-bond acceptors (Lipinski definition) is 5. The van der Waals surface area contributed by atoms with Crippen molar-refractivity contribution in [3.8, 4) is 0 Å². The third kappa shape index (κ3) is 5.01. The molecule has 1 aliphatic heterocycles. The lowest BCUT2D eigenvalue weighted by atomic mass is 9.98. The van der Waals surface area contributed by atoms with Gasteiger partial charge in [0.15, 0.2) is 5.13 Å². The first-order valence-electron chi connectivity index (χ1n) is 8.20. The number of benzene rings is 1. The average Bonchev–Trinajstić information content (AvgIpc) is 3.05. The van der Waals surface area contributed by atoms with Crippen LogP contribution in [0.1, 0.15) is 18.5 Å². The van der Waals surface area contributed by atoms with Crippen molar-refractivity contribution in [3.63, 3.8) is 0 Å². The third-order valence-electron chi connectivity index (χ3n) is 3.93. The Balaban J connectivity index is 1.55. The Morgan fingerprint density at radius 3 is 2.93 bits per heavy atom. The second-order valence-corrected chi connectivity index (χ2v) is 7.24. The van der Waals surface area contributed by atoms with E-state index in [-0.39, 0.29) is 23.3 Å². The van der Waals surface area contributed by atoms with E-state index >= 15 is 0 Å². The van der Waals surface area contributed by atoms with Crippen LogP contribution in [-0.2, 0) is 20.8 Å². The van der Waals surface area contributed by atoms with Gasteiger partial charge in [-0.2, -0.15) is 0 Å². The maximum Gasteiger partial charge on any atom is 0.238 e. The summed E-state index contributed by atoms with van der Waals surface area (Å²) in [6, 6.07) is 3.88. The van der Waals surface area contributed by atoms with E-state index in [9.17, 15) is 18.8 Å². The van der Waals surface area contributed by atoms with Crippen molar-refractivity contribution in [3.05, 3.63) is 40.1 Å². The van der Waals surface area contributed by atoms with Gasteiger partial charge in [0, 0.05) is 17.6 Å². The molecule has 7 nitrogen and oxygen atoms in total. The molecule has 0 spiro atoms. The minimum absolute atomic E-state index is 0.0225. The first-order valence-corrected chi connectivity index (χ1v) is 9.46. The van der Waals surface area contributed by atoms with Crippen LogP contribution in [0, 0.1) is 11.7 Å². The number of carbonyl (C=O) groups excluding carboxylic acids is 3. The smallest absolute Gasteiger partial charge is 0.238 e. The minimum Gasteiger partial charge on any atom is -0.355 e. The lowest BCUT2D eigenvalue weighted by Gasteiger charge is -2.20. The number of thiazole rings is 1. The highest BCUT2D eigenvalue weighted by atomic mass is 35.5. The summed E-state index contributed by atoms with van der Waals surface area (Å²) in [7, 11) is 0. The van der Waals surface area contributed by atoms with E-state index in [1.54, 1.807) is 5.38 Å². The summed E-state index contributed by atoms with van der Waals surface area (Å²) >= 11 is 6.85. The van der Waals surface area contributed by atoms with Crippen molar-refractivity contribution >= 4 is 51.5 Å². The molecule has 3 amide bonds. The van der Waals surface area contributed by atoms with E-state index in [1.807, 2.05) is 0 Å². The first-order chi connectivity index (χ1) is 12.9. The zero-order chi connectivity index (χ0) is 19.4. The summed E-state index contributed by atoms with van der Waals surface area (Å²) in [5.74, 6) is -2.34. The molecule has 0 radical (unpaired) electrons. The molecule has 1 aromatic heterocycles. The summed E-state index contributed by atoms with van der Waals surface area (Å²) in [5, 5.41) is 9.76. The molecule has 3 N–H and O–H groups in total. The minimum atomic E-state index is -0.724. The van der Waals surface area contributed by atoms with Gasteiger partial charge in [0.2, 0.25) is 17.7 Å². The second kappa shape index (κ2) is 8.45. The van der Waals surface area contributed by atoms with Gasteiger partial charge < -0.3 is 16.0 Å². The van der Waals surface area contributed by atoms with Gasteiger partial charge in [0.1, 0.15) is 11.7 Å². The van der Waals surface area contributed by atoms with Crippen LogP contribution in [0.5, 0.6) is 0 Å². The van der Waals surface area contributed by atoms with Crippen LogP contribution in [0.15, 0.2) is 23.6 Å². The van der Waals surface area contributed by atoms with E-state index in [0.29, 0.717) is 29.5 Å². The molecule has 3 rings (SSSR count). The Kier molecular flexibility index (Phi) is 6.02. The molecule has 142 valence electrons. The lowest BCUT2D eigenvalue weighted by molar-refractivity contribution is -0.134. The Hall–Kier alpha value is -2.52. The topological polar surface area (TPSA) is 100 Å². The predicted octanol–water partition coefficient (Wildman–Crippen LogP) is 2.58. The SMILES string of the molecule is O=C(Cc1csc(NC(=O)C2CCCNC2=O)n1)Nc1ccc(F)c(Cl)c1. The number of piperidine rings is 1. The molecule has 2 aromatic rings. The molecule has 2 heterocycles. The zero-order valence-electron chi connectivity index (χ0n) is 14.1. The molecule has 1 aliphatic rings. The molecular weight excluding hydrogens is 395 g/mol. The fourth-order valence-electron chi connectivity index (χ4n) is 2.60. The monoisotopic (exact) mass is 410 g/mol. The van der Waals surface area contributed by atoms with E-state index in [1.165, 1.54) is 23.5 Å². The van der Waals surface area contributed by atoms with Gasteiger partial charge >= 0.3 is 0 Å². The molecule has 0 aliphatic carbocycles. The van der Waals surface area contributed by atoms with Crippen LogP contribution in [-0.4, -0.2) is 29.3 Å². The van der Waals surface area contributed by atoms with Crippen LogP contribution >= 0.6 is 22.9 Å². The Bertz CT molecular complexity index is 889. The highest BCUT2D eigenvalue weighted by Gasteiger charge is 2.29. The summed E-state index contributed by atoms with van der Waals surface area (Å²) in [5.41, 5.74) is 0.840. The van der Waals surface area contributed by atoms with E-state index < -0.39 is 17.6 Å². The molecule has 1 atom stereocenters. The van der Waals surface area contributed by atoms with Gasteiger partial charge in [0.05, 0.1) is 17.1 Å². The molecule has 1 aromatic carbocycles. The van der Waals surface area contributed by atoms with Crippen molar-refractivity contribution in [2.24, 2.45) is 5.92 Å². The Morgan fingerprint density at radius 1 is 1.37 bits per heavy atom. The van der Waals surface area contributed by atoms with E-state index in [2.05, 4.69) is 20.9 Å². The summed E-state index contributed by atoms with van der Waals surface area (Å²) in [6.45, 7) is 0.582. The van der Waals surface area contributed by atoms with Crippen LogP contribution in [0.2, 0.25) is 5.02 Å². The molecule has 1 saturated heterocycles. The number of nitrogens with zero attached hydrogens (tertiary/aromatic N) is 1. The largest absolute Gasteiger partial charge is 0.355 e. The lowest BCUT2D eigenvalue weighted by Crippen LogP contribution is -2.42. The van der Waals surface area contributed by atoms with Gasteiger partial charge in [-0.15, -0.1) is 11.3 Å². The molecular formula is C17H16ClFN4O3S. The average molecular weight is 411 g/mol. The summed E-state index contributed by atoms with van der Waals surface area (Å²) in [4.78, 5) is 40.2. The highest BCUT2D eigenvalue weighted by molar-refractivity contribution is 7.14. The second-order valence-electron chi connectivity index (χ2n) is 5.97. The number of aromatic nitrogens is 1. The van der Waals surface area contributed by atoms with Gasteiger partial charge in [0.25, 0.3) is 0 Å². The van der Waals surface area contributed by atoms with Crippen LogP contribution in [0.25, 0.3) is 0 Å². The fourth-order valence-corrected chi connectivity index (χ4v) is 3.50. The van der Waals surface area contributed by atoms with Crippen LogP contribution in [0.4, 0.5) is 15.2 Å². The van der Waals surface area contributed by atoms with Crippen molar-refractivity contribution in [2.75, 3.05) is 17.2 Å². The van der Waals surface area contributed by atoms with Crippen molar-refractivity contribution < 1.29 is 18.8 Å². The van der Waals surface area contributed by atoms with E-state index in [4.69, 9.17) is 11.6 Å². The third-order valence-corrected chi connectivity index (χ3v) is 5.02. The maximum absolute atomic E-state index is 13.1. The number of rotatable bonds is 5. The predicted molar refractivity (Wildman–Crippen MR) is 100 cm³/mol. The van der Waals surface area contributed by atoms with Crippen molar-refractivity contribution in [2.45, 2.75) is 19.3 Å². The number of amides is 3. The number of hydrogen-bond donors (Lipinski definition) is 3. The molecule has 10 heteroatoms. The van der Waals surface area contributed by atoms with Gasteiger partial charge in [-0.3, -0.25) is 14.4 Å². The summed E-state index contributed by atoms with van der Waals surface area (Å²) < 4.78 is 13.1. The molecule has 1 unspecified atom stereocenters. The maximum atomic E-state index is 13.1. The quantitative estimate of drug-likeness (QED) is 0.659. The van der Waals surface area contributed by atoms with E-state index in [0.717, 1.165) is 12.5 Å². The number of anilines is 2. The summed E-state index contributed by atoms with van der Waals surface area (Å²) in [6.07, 6.45) is 1.23. The first kappa shape index (κ1) is 19.2. The molecule has 0 bridgehead atoms.